The van der Waals surface area contributed by atoms with Crippen molar-refractivity contribution in [2.24, 2.45) is 0 Å². The molecule has 0 spiro atoms. The molecular weight excluding hydrogens is 260 g/mol. The smallest absolute Gasteiger partial charge is 0.266 e. The van der Waals surface area contributed by atoms with Crippen molar-refractivity contribution >= 4 is 15.9 Å². The minimum atomic E-state index is -0.0988. The second-order valence-corrected chi connectivity index (χ2v) is 3.70. The van der Waals surface area contributed by atoms with Crippen LogP contribution in [0.15, 0.2) is 35.6 Å². The van der Waals surface area contributed by atoms with Crippen LogP contribution in [-0.4, -0.2) is 24.7 Å². The van der Waals surface area contributed by atoms with Crippen LogP contribution in [-0.2, 0) is 6.54 Å². The molecule has 2 aromatic rings. The Morgan fingerprint density at radius 2 is 2.27 bits per heavy atom. The second kappa shape index (κ2) is 4.39. The number of hydrogen-bond donors (Lipinski definition) is 0. The maximum atomic E-state index is 11.4. The highest BCUT2D eigenvalue weighted by Gasteiger charge is 2.01. The van der Waals surface area contributed by atoms with Gasteiger partial charge in [-0.25, -0.2) is 9.67 Å². The van der Waals surface area contributed by atoms with Gasteiger partial charge in [-0.1, -0.05) is 15.9 Å². The normalized spacial score (nSPS) is 10.5. The third-order valence-electron chi connectivity index (χ3n) is 1.92. The Labute approximate surface area is 94.5 Å². The summed E-state index contributed by atoms with van der Waals surface area (Å²) < 4.78 is 3.17. The quantitative estimate of drug-likeness (QED) is 0.775. The Morgan fingerprint density at radius 3 is 2.93 bits per heavy atom. The van der Waals surface area contributed by atoms with Crippen molar-refractivity contribution in [3.8, 4) is 5.82 Å². The van der Waals surface area contributed by atoms with Crippen molar-refractivity contribution < 1.29 is 0 Å². The van der Waals surface area contributed by atoms with Crippen LogP contribution in [0, 0.1) is 0 Å². The summed E-state index contributed by atoms with van der Waals surface area (Å²) in [7, 11) is 0. The lowest BCUT2D eigenvalue weighted by atomic mass is 10.5. The van der Waals surface area contributed by atoms with E-state index in [0.717, 1.165) is 0 Å². The summed E-state index contributed by atoms with van der Waals surface area (Å²) >= 11 is 3.27. The fourth-order valence-corrected chi connectivity index (χ4v) is 1.55. The largest absolute Gasteiger partial charge is 0.289 e. The average molecular weight is 269 g/mol. The van der Waals surface area contributed by atoms with Gasteiger partial charge in [0.25, 0.3) is 5.56 Å². The van der Waals surface area contributed by atoms with Gasteiger partial charge in [-0.2, -0.15) is 5.10 Å². The van der Waals surface area contributed by atoms with Crippen molar-refractivity contribution in [1.29, 1.82) is 0 Å². The molecule has 0 radical (unpaired) electrons. The summed E-state index contributed by atoms with van der Waals surface area (Å²) in [6, 6.07) is 3.18. The van der Waals surface area contributed by atoms with Gasteiger partial charge in [0.1, 0.15) is 6.33 Å². The molecule has 2 aromatic heterocycles. The van der Waals surface area contributed by atoms with Crippen LogP contribution >= 0.6 is 15.9 Å². The van der Waals surface area contributed by atoms with Crippen molar-refractivity contribution in [2.45, 2.75) is 6.54 Å². The molecule has 2 rings (SSSR count). The van der Waals surface area contributed by atoms with E-state index in [1.165, 1.54) is 10.7 Å². The van der Waals surface area contributed by atoms with Crippen LogP contribution < -0.4 is 5.56 Å². The molecule has 0 aromatic carbocycles. The summed E-state index contributed by atoms with van der Waals surface area (Å²) in [4.78, 5) is 15.3. The zero-order valence-electron chi connectivity index (χ0n) is 7.88. The van der Waals surface area contributed by atoms with Gasteiger partial charge in [-0.15, -0.1) is 0 Å². The van der Waals surface area contributed by atoms with Gasteiger partial charge in [0.2, 0.25) is 0 Å². The average Bonchev–Trinajstić information content (AvgIpc) is 2.75. The highest BCUT2D eigenvalue weighted by molar-refractivity contribution is 9.09. The number of hydrogen-bond acceptors (Lipinski definition) is 3. The molecule has 0 aliphatic rings. The van der Waals surface area contributed by atoms with E-state index < -0.39 is 0 Å². The van der Waals surface area contributed by atoms with Crippen LogP contribution in [0.1, 0.15) is 0 Å². The molecule has 0 saturated carbocycles. The fourth-order valence-electron chi connectivity index (χ4n) is 1.21. The summed E-state index contributed by atoms with van der Waals surface area (Å²) in [6.45, 7) is 0.557. The lowest BCUT2D eigenvalue weighted by Crippen LogP contribution is -2.23. The van der Waals surface area contributed by atoms with Gasteiger partial charge in [0, 0.05) is 23.8 Å². The lowest BCUT2D eigenvalue weighted by Gasteiger charge is -2.04. The van der Waals surface area contributed by atoms with Gasteiger partial charge in [-0.05, 0) is 6.07 Å². The van der Waals surface area contributed by atoms with Gasteiger partial charge in [0.15, 0.2) is 5.82 Å². The third-order valence-corrected chi connectivity index (χ3v) is 2.27. The van der Waals surface area contributed by atoms with E-state index in [1.54, 1.807) is 29.4 Å². The van der Waals surface area contributed by atoms with E-state index in [2.05, 4.69) is 26.0 Å². The summed E-state index contributed by atoms with van der Waals surface area (Å²) in [5.74, 6) is 0.688. The molecule has 0 bridgehead atoms. The molecule has 5 nitrogen and oxygen atoms in total. The molecule has 0 aliphatic carbocycles. The molecule has 0 saturated heterocycles. The van der Waals surface area contributed by atoms with Crippen LogP contribution in [0.5, 0.6) is 0 Å². The number of alkyl halides is 1. The van der Waals surface area contributed by atoms with Gasteiger partial charge in [-0.3, -0.25) is 9.36 Å². The monoisotopic (exact) mass is 268 g/mol. The van der Waals surface area contributed by atoms with E-state index in [0.29, 0.717) is 17.7 Å². The molecule has 78 valence electrons. The predicted molar refractivity (Wildman–Crippen MR) is 59.4 cm³/mol. The first kappa shape index (κ1) is 10.1. The molecular formula is C9H9BrN4O. The number of imidazole rings is 1. The number of aryl methyl sites for hydroxylation is 1. The van der Waals surface area contributed by atoms with Crippen LogP contribution in [0.25, 0.3) is 5.82 Å². The summed E-state index contributed by atoms with van der Waals surface area (Å²) in [5, 5.41) is 4.90. The minimum absolute atomic E-state index is 0.0988. The van der Waals surface area contributed by atoms with Crippen molar-refractivity contribution in [3.63, 3.8) is 0 Å². The van der Waals surface area contributed by atoms with Crippen molar-refractivity contribution in [1.82, 2.24) is 19.3 Å². The Bertz CT molecular complexity index is 491. The predicted octanol–water partition coefficient (Wildman–Crippen LogP) is 0.824. The molecule has 0 amide bonds. The van der Waals surface area contributed by atoms with E-state index in [4.69, 9.17) is 0 Å². The van der Waals surface area contributed by atoms with Crippen LogP contribution in [0.2, 0.25) is 0 Å². The van der Waals surface area contributed by atoms with Crippen molar-refractivity contribution in [3.05, 3.63) is 41.2 Å². The zero-order chi connectivity index (χ0) is 10.7. The van der Waals surface area contributed by atoms with Gasteiger partial charge < -0.3 is 0 Å². The number of rotatable bonds is 3. The Kier molecular flexibility index (Phi) is 2.96. The van der Waals surface area contributed by atoms with Crippen LogP contribution in [0.4, 0.5) is 0 Å². The van der Waals surface area contributed by atoms with E-state index in [9.17, 15) is 4.79 Å². The third kappa shape index (κ3) is 2.15. The topological polar surface area (TPSA) is 52.7 Å². The lowest BCUT2D eigenvalue weighted by molar-refractivity contribution is 0.613. The first-order chi connectivity index (χ1) is 7.31. The van der Waals surface area contributed by atoms with E-state index in [1.807, 2.05) is 0 Å². The molecule has 0 unspecified atom stereocenters. The standard InChI is InChI=1S/C9H9BrN4O/c10-3-5-14-9(15)2-1-8(12-14)13-6-4-11-7-13/h1-2,4,6-7H,3,5H2. The molecule has 0 atom stereocenters. The van der Waals surface area contributed by atoms with Gasteiger partial charge in [0.05, 0.1) is 6.54 Å². The summed E-state index contributed by atoms with van der Waals surface area (Å²) in [6.07, 6.45) is 5.10. The van der Waals surface area contributed by atoms with Crippen LogP contribution in [0.3, 0.4) is 0 Å². The Hall–Kier alpha value is -1.43. The SMILES string of the molecule is O=c1ccc(-n2ccnc2)nn1CCBr. The highest BCUT2D eigenvalue weighted by atomic mass is 79.9. The minimum Gasteiger partial charge on any atom is -0.289 e. The Balaban J connectivity index is 2.43. The first-order valence-electron chi connectivity index (χ1n) is 4.44. The number of nitrogens with zero attached hydrogens (tertiary/aromatic N) is 4. The zero-order valence-corrected chi connectivity index (χ0v) is 9.46. The first-order valence-corrected chi connectivity index (χ1v) is 5.56. The maximum absolute atomic E-state index is 11.4. The number of halogens is 1. The van der Waals surface area contributed by atoms with E-state index >= 15 is 0 Å². The van der Waals surface area contributed by atoms with E-state index in [-0.39, 0.29) is 5.56 Å². The van der Waals surface area contributed by atoms with Crippen molar-refractivity contribution in [2.75, 3.05) is 5.33 Å². The molecule has 0 aliphatic heterocycles. The maximum Gasteiger partial charge on any atom is 0.266 e. The Morgan fingerprint density at radius 1 is 1.40 bits per heavy atom. The second-order valence-electron chi connectivity index (χ2n) is 2.91. The fraction of sp³-hybridized carbons (Fsp3) is 0.222. The molecule has 15 heavy (non-hydrogen) atoms. The molecule has 2 heterocycles. The summed E-state index contributed by atoms with van der Waals surface area (Å²) in [5.41, 5.74) is -0.0988. The highest BCUT2D eigenvalue weighted by Crippen LogP contribution is 1.99. The molecule has 6 heteroatoms. The van der Waals surface area contributed by atoms with Gasteiger partial charge >= 0.3 is 0 Å². The molecule has 0 fully saturated rings. The molecule has 0 N–H and O–H groups in total. The number of aromatic nitrogens is 4.